The normalized spacial score (nSPS) is 25.4. The maximum absolute atomic E-state index is 14.4. The van der Waals surface area contributed by atoms with Gasteiger partial charge in [-0.25, -0.2) is 19.6 Å². The van der Waals surface area contributed by atoms with E-state index in [4.69, 9.17) is 24.2 Å². The number of alkyl carbamates (subject to hydrolysis) is 1. The average Bonchev–Trinajstić information content (AvgIpc) is 3.85. The Morgan fingerprint density at radius 3 is 1.92 bits per heavy atom. The molecule has 17 nitrogen and oxygen atoms in total. The number of nitrogens with zero attached hydrogens (tertiary/aromatic N) is 6. The molecule has 0 bridgehead atoms. The van der Waals surface area contributed by atoms with Crippen molar-refractivity contribution in [3.05, 3.63) is 125 Å². The highest BCUT2D eigenvalue weighted by molar-refractivity contribution is 5.96. The molecule has 2 aliphatic carbocycles. The van der Waals surface area contributed by atoms with Crippen LogP contribution >= 0.6 is 0 Å². The number of urea groups is 1. The summed E-state index contributed by atoms with van der Waals surface area (Å²) in [6.07, 6.45) is 2.21. The molecule has 6 aliphatic rings. The molecule has 0 radical (unpaired) electrons. The molecule has 12 rings (SSSR count). The van der Waals surface area contributed by atoms with Gasteiger partial charge in [-0.1, -0.05) is 66.7 Å². The first kappa shape index (κ1) is 39.7. The summed E-state index contributed by atoms with van der Waals surface area (Å²) in [6.45, 7) is 1.69. The number of carbonyl (C=O) groups is 4. The summed E-state index contributed by atoms with van der Waals surface area (Å²) >= 11 is 0. The number of aromatic nitrogens is 4. The first-order valence-electron chi connectivity index (χ1n) is 22.4. The molecule has 17 heteroatoms. The van der Waals surface area contributed by atoms with E-state index >= 15 is 0 Å². The molecule has 4 aliphatic heterocycles. The van der Waals surface area contributed by atoms with E-state index in [1.54, 1.807) is 4.90 Å². The highest BCUT2D eigenvalue weighted by Gasteiger charge is 2.57. The van der Waals surface area contributed by atoms with E-state index in [0.717, 1.165) is 70.4 Å². The van der Waals surface area contributed by atoms with Crippen LogP contribution in [0.4, 0.5) is 15.3 Å². The summed E-state index contributed by atoms with van der Waals surface area (Å²) in [6, 6.07) is 28.9. The number of piperidine rings is 2. The number of H-pyrrole nitrogens is 2. The number of imidazole rings is 2. The zero-order valence-corrected chi connectivity index (χ0v) is 35.6. The Hall–Kier alpha value is -6.82. The Morgan fingerprint density at radius 1 is 0.738 bits per heavy atom. The number of benzene rings is 4. The summed E-state index contributed by atoms with van der Waals surface area (Å²) in [4.78, 5) is 79.5. The number of rotatable bonds is 12. The van der Waals surface area contributed by atoms with Crippen LogP contribution in [0.3, 0.4) is 0 Å². The second-order valence-corrected chi connectivity index (χ2v) is 18.0. The van der Waals surface area contributed by atoms with Crippen molar-refractivity contribution in [2.24, 2.45) is 11.8 Å². The fraction of sp³-hybridized carbons (Fsp3) is 0.375. The number of ether oxygens (including phenoxy) is 3. The topological polar surface area (TPSA) is 190 Å². The largest absolute Gasteiger partial charge is 0.453 e. The van der Waals surface area contributed by atoms with Crippen LogP contribution in [0, 0.1) is 11.8 Å². The monoisotopic (exact) mass is 876 g/mol. The van der Waals surface area contributed by atoms with Crippen LogP contribution in [0.5, 0.6) is 0 Å². The van der Waals surface area contributed by atoms with Crippen molar-refractivity contribution in [3.63, 3.8) is 0 Å². The van der Waals surface area contributed by atoms with Crippen molar-refractivity contribution in [3.8, 4) is 0 Å². The van der Waals surface area contributed by atoms with E-state index in [9.17, 15) is 19.2 Å². The van der Waals surface area contributed by atoms with Gasteiger partial charge in [0.05, 0.1) is 41.3 Å². The summed E-state index contributed by atoms with van der Waals surface area (Å²) in [7, 11) is 1.29. The second kappa shape index (κ2) is 15.7. The number of likely N-dealkylation sites (tertiary alicyclic amines) is 2. The minimum absolute atomic E-state index is 0.0337. The maximum atomic E-state index is 14.4. The molecule has 6 heterocycles. The Morgan fingerprint density at radius 2 is 1.32 bits per heavy atom. The van der Waals surface area contributed by atoms with Crippen LogP contribution in [0.2, 0.25) is 0 Å². The third-order valence-electron chi connectivity index (χ3n) is 14.1. The van der Waals surface area contributed by atoms with Crippen molar-refractivity contribution in [2.45, 2.75) is 74.9 Å². The summed E-state index contributed by atoms with van der Waals surface area (Å²) < 4.78 is 15.8. The van der Waals surface area contributed by atoms with Gasteiger partial charge < -0.3 is 44.2 Å². The SMILES string of the molecule is COC(=O)N[C@@H](C(=O)N1C2C[C@@H]2C[C@H]1c1nc2ccc(CN3CCN(c4ccc5nc([C@@H]6C[C@H]7CC7N6C(=O)[C@H](NC6OCO6)c6ccccc6)[nH]c5c4)C3=O)cc2[nH]1)c1ccccc1. The second-order valence-electron chi connectivity index (χ2n) is 18.0. The number of carbonyl (C=O) groups excluding carboxylic acids is 4. The van der Waals surface area contributed by atoms with Gasteiger partial charge in [-0.3, -0.25) is 19.8 Å². The molecule has 2 saturated carbocycles. The van der Waals surface area contributed by atoms with Gasteiger partial charge in [0.1, 0.15) is 23.7 Å². The fourth-order valence-corrected chi connectivity index (χ4v) is 10.6. The predicted molar refractivity (Wildman–Crippen MR) is 235 cm³/mol. The highest BCUT2D eigenvalue weighted by atomic mass is 16.9. The van der Waals surface area contributed by atoms with Crippen LogP contribution in [-0.2, 0) is 30.3 Å². The molecular formula is C48H48N10O7. The smallest absolute Gasteiger partial charge is 0.407 e. The number of hydrogen-bond donors (Lipinski definition) is 4. The number of hydrogen-bond acceptors (Lipinski definition) is 10. The summed E-state index contributed by atoms with van der Waals surface area (Å²) in [5, 5.41) is 6.00. The van der Waals surface area contributed by atoms with Gasteiger partial charge in [0.2, 0.25) is 12.3 Å². The Kier molecular flexibility index (Phi) is 9.61. The average molecular weight is 877 g/mol. The van der Waals surface area contributed by atoms with Gasteiger partial charge in [-0.15, -0.1) is 0 Å². The van der Waals surface area contributed by atoms with Gasteiger partial charge in [0, 0.05) is 37.4 Å². The molecule has 65 heavy (non-hydrogen) atoms. The van der Waals surface area contributed by atoms with Gasteiger partial charge in [0.25, 0.3) is 5.91 Å². The van der Waals surface area contributed by atoms with E-state index in [1.165, 1.54) is 7.11 Å². The van der Waals surface area contributed by atoms with Gasteiger partial charge in [-0.05, 0) is 84.5 Å². The van der Waals surface area contributed by atoms with E-state index in [2.05, 4.69) is 20.6 Å². The Balaban J connectivity index is 0.735. The van der Waals surface area contributed by atoms with Crippen molar-refractivity contribution in [2.75, 3.05) is 31.9 Å². The van der Waals surface area contributed by atoms with Gasteiger partial charge in [0.15, 0.2) is 6.79 Å². The molecular weight excluding hydrogens is 829 g/mol. The lowest BCUT2D eigenvalue weighted by Crippen LogP contribution is -2.50. The Labute approximate surface area is 373 Å². The van der Waals surface area contributed by atoms with Crippen LogP contribution in [-0.4, -0.2) is 104 Å². The minimum Gasteiger partial charge on any atom is -0.453 e. The molecule has 2 aromatic heterocycles. The number of methoxy groups -OCH3 is 1. The highest BCUT2D eigenvalue weighted by Crippen LogP contribution is 2.55. The number of fused-ring (bicyclic) bond motifs is 4. The molecule has 4 aromatic carbocycles. The van der Waals surface area contributed by atoms with Crippen LogP contribution in [0.15, 0.2) is 97.1 Å². The van der Waals surface area contributed by atoms with Crippen molar-refractivity contribution < 1.29 is 33.4 Å². The lowest BCUT2D eigenvalue weighted by Gasteiger charge is -2.35. The first-order chi connectivity index (χ1) is 31.8. The lowest BCUT2D eigenvalue weighted by atomic mass is 10.0. The fourth-order valence-electron chi connectivity index (χ4n) is 10.6. The quantitative estimate of drug-likeness (QED) is 0.115. The van der Waals surface area contributed by atoms with Crippen LogP contribution in [0.25, 0.3) is 22.1 Å². The van der Waals surface area contributed by atoms with Crippen molar-refractivity contribution in [1.82, 2.24) is 45.3 Å². The van der Waals surface area contributed by atoms with Crippen molar-refractivity contribution >= 4 is 51.7 Å². The van der Waals surface area contributed by atoms with E-state index in [0.29, 0.717) is 42.9 Å². The Bertz CT molecular complexity index is 2830. The molecule has 0 spiro atoms. The molecule has 5 amide bonds. The zero-order valence-electron chi connectivity index (χ0n) is 35.6. The minimum atomic E-state index is -0.895. The third kappa shape index (κ3) is 7.14. The standard InChI is InChI=1S/C48H48N10O7/c1-63-46(61)53-40(27-8-4-2-5-9-27)44(59)57-36-19-29(36)21-38(57)42-49-32-14-12-26(18-34(32)51-42)24-55-16-17-56(48(55)62)31-13-15-33-35(23-31)52-43(50-33)39-22-30-20-37(30)58(39)45(60)41(54-47-64-25-65-47)28-10-6-3-7-11-28/h2-15,18,23,29-30,36-41,47,54H,16-17,19-22,24-25H2,1H3,(H,49,51)(H,50,52)(H,53,61)/t29-,30-,36?,37?,38+,39+,40-,41-/m1/s1. The number of anilines is 1. The van der Waals surface area contributed by atoms with E-state index in [1.807, 2.05) is 112 Å². The van der Waals surface area contributed by atoms with Crippen molar-refractivity contribution in [1.29, 1.82) is 0 Å². The van der Waals surface area contributed by atoms with E-state index < -0.39 is 24.6 Å². The van der Waals surface area contributed by atoms with Gasteiger partial charge >= 0.3 is 12.1 Å². The van der Waals surface area contributed by atoms with E-state index in [-0.39, 0.29) is 48.8 Å². The molecule has 332 valence electrons. The maximum Gasteiger partial charge on any atom is 0.407 e. The van der Waals surface area contributed by atoms with Gasteiger partial charge in [-0.2, -0.15) is 0 Å². The molecule has 6 aromatic rings. The number of amides is 5. The lowest BCUT2D eigenvalue weighted by molar-refractivity contribution is -0.335. The summed E-state index contributed by atoms with van der Waals surface area (Å²) in [5.41, 5.74) is 6.44. The first-order valence-corrected chi connectivity index (χ1v) is 22.4. The predicted octanol–water partition coefficient (Wildman–Crippen LogP) is 5.92. The number of aromatic amines is 2. The van der Waals surface area contributed by atoms with Crippen LogP contribution in [0.1, 0.15) is 78.2 Å². The third-order valence-corrected chi connectivity index (χ3v) is 14.1. The molecule has 4 saturated heterocycles. The zero-order chi connectivity index (χ0) is 43.9. The number of nitrogens with one attached hydrogen (secondary N) is 4. The summed E-state index contributed by atoms with van der Waals surface area (Å²) in [5.74, 6) is 2.03. The molecule has 8 atom stereocenters. The molecule has 6 fully saturated rings. The molecule has 2 unspecified atom stereocenters. The molecule has 4 N–H and O–H groups in total. The van der Waals surface area contributed by atoms with Crippen LogP contribution < -0.4 is 15.5 Å².